The van der Waals surface area contributed by atoms with Crippen molar-refractivity contribution in [2.45, 2.75) is 33.1 Å². The van der Waals surface area contributed by atoms with Gasteiger partial charge in [0.05, 0.1) is 12.8 Å². The van der Waals surface area contributed by atoms with Crippen molar-refractivity contribution in [2.75, 3.05) is 20.3 Å². The molecule has 0 aliphatic rings. The van der Waals surface area contributed by atoms with Gasteiger partial charge in [0.15, 0.2) is 0 Å². The lowest BCUT2D eigenvalue weighted by Gasteiger charge is -2.23. The highest BCUT2D eigenvalue weighted by Crippen LogP contribution is 2.13. The Morgan fingerprint density at radius 3 is 2.94 bits per heavy atom. The molecule has 0 saturated carbocycles. The van der Waals surface area contributed by atoms with Crippen LogP contribution in [0.5, 0.6) is 0 Å². The van der Waals surface area contributed by atoms with Gasteiger partial charge in [-0.05, 0) is 18.4 Å². The molecule has 1 aromatic heterocycles. The normalized spacial score (nSPS) is 11.5. The van der Waals surface area contributed by atoms with E-state index < -0.39 is 0 Å². The molecule has 0 bridgehead atoms. The Morgan fingerprint density at radius 1 is 1.56 bits per heavy atom. The minimum absolute atomic E-state index is 0.0189. The molecule has 0 aromatic carbocycles. The van der Waals surface area contributed by atoms with E-state index in [1.54, 1.807) is 13.3 Å². The van der Waals surface area contributed by atoms with Crippen molar-refractivity contribution >= 4 is 5.91 Å². The molecule has 5 nitrogen and oxygen atoms in total. The quantitative estimate of drug-likeness (QED) is 0.738. The van der Waals surface area contributed by atoms with Gasteiger partial charge in [0.25, 0.3) is 0 Å². The minimum atomic E-state index is -0.0189. The van der Waals surface area contributed by atoms with Crippen molar-refractivity contribution < 1.29 is 9.53 Å². The summed E-state index contributed by atoms with van der Waals surface area (Å²) in [5.74, 6) is 0.0997. The first-order chi connectivity index (χ1) is 8.53. The van der Waals surface area contributed by atoms with Gasteiger partial charge in [-0.1, -0.05) is 13.8 Å². The summed E-state index contributed by atoms with van der Waals surface area (Å²) in [7, 11) is 1.68. The number of amides is 1. The average molecular weight is 253 g/mol. The summed E-state index contributed by atoms with van der Waals surface area (Å²) in [6, 6.07) is 0. The number of hydrogen-bond acceptors (Lipinski definition) is 3. The molecule has 18 heavy (non-hydrogen) atoms. The maximum atomic E-state index is 11.6. The third kappa shape index (κ3) is 5.82. The first-order valence-corrected chi connectivity index (χ1v) is 6.27. The van der Waals surface area contributed by atoms with E-state index in [2.05, 4.69) is 29.4 Å². The van der Waals surface area contributed by atoms with Crippen molar-refractivity contribution in [2.24, 2.45) is 5.41 Å². The number of ether oxygens (including phenoxy) is 1. The second-order valence-electron chi connectivity index (χ2n) is 5.33. The van der Waals surface area contributed by atoms with Gasteiger partial charge < -0.3 is 10.1 Å². The Morgan fingerprint density at radius 2 is 2.33 bits per heavy atom. The summed E-state index contributed by atoms with van der Waals surface area (Å²) < 4.78 is 5.11. The Balaban J connectivity index is 2.14. The van der Waals surface area contributed by atoms with E-state index in [4.69, 9.17) is 4.74 Å². The molecule has 0 spiro atoms. The molecule has 1 aromatic rings. The van der Waals surface area contributed by atoms with Crippen LogP contribution in [0.15, 0.2) is 12.4 Å². The van der Waals surface area contributed by atoms with Crippen molar-refractivity contribution in [1.82, 2.24) is 15.5 Å². The number of carbonyl (C=O) groups is 1. The number of aryl methyl sites for hydroxylation is 1. The predicted octanol–water partition coefficient (Wildman–Crippen LogP) is 1.52. The lowest BCUT2D eigenvalue weighted by Crippen LogP contribution is -2.36. The summed E-state index contributed by atoms with van der Waals surface area (Å²) in [4.78, 5) is 11.6. The van der Waals surface area contributed by atoms with Crippen LogP contribution in [0.1, 0.15) is 32.3 Å². The zero-order valence-corrected chi connectivity index (χ0v) is 11.5. The highest BCUT2D eigenvalue weighted by molar-refractivity contribution is 5.75. The molecule has 1 amide bonds. The first kappa shape index (κ1) is 14.7. The van der Waals surface area contributed by atoms with Crippen LogP contribution in [0.25, 0.3) is 0 Å². The van der Waals surface area contributed by atoms with Gasteiger partial charge in [-0.25, -0.2) is 0 Å². The monoisotopic (exact) mass is 253 g/mol. The van der Waals surface area contributed by atoms with Gasteiger partial charge in [0.2, 0.25) is 5.91 Å². The van der Waals surface area contributed by atoms with E-state index in [0.717, 1.165) is 18.4 Å². The number of carbonyl (C=O) groups excluding carboxylic acids is 1. The molecule has 0 aliphatic carbocycles. The molecule has 1 rings (SSSR count). The maximum absolute atomic E-state index is 11.6. The Hall–Kier alpha value is -1.36. The molecule has 0 radical (unpaired) electrons. The average Bonchev–Trinajstić information content (AvgIpc) is 2.79. The second kappa shape index (κ2) is 7.16. The highest BCUT2D eigenvalue weighted by Gasteiger charge is 2.18. The smallest absolute Gasteiger partial charge is 0.220 e. The van der Waals surface area contributed by atoms with Crippen molar-refractivity contribution in [3.05, 3.63) is 18.0 Å². The van der Waals surface area contributed by atoms with Crippen LogP contribution >= 0.6 is 0 Å². The predicted molar refractivity (Wildman–Crippen MR) is 70.2 cm³/mol. The fourth-order valence-corrected chi connectivity index (χ4v) is 1.74. The second-order valence-corrected chi connectivity index (χ2v) is 5.33. The van der Waals surface area contributed by atoms with E-state index in [9.17, 15) is 4.79 Å². The molecule has 1 heterocycles. The van der Waals surface area contributed by atoms with E-state index in [0.29, 0.717) is 19.6 Å². The molecule has 102 valence electrons. The summed E-state index contributed by atoms with van der Waals surface area (Å²) in [6.45, 7) is 5.43. The molecule has 5 heteroatoms. The van der Waals surface area contributed by atoms with Gasteiger partial charge in [-0.2, -0.15) is 5.10 Å². The third-order valence-electron chi connectivity index (χ3n) is 2.72. The lowest BCUT2D eigenvalue weighted by atomic mass is 9.95. The number of nitrogens with one attached hydrogen (secondary N) is 2. The zero-order valence-electron chi connectivity index (χ0n) is 11.5. The number of hydrogen-bond donors (Lipinski definition) is 2. The molecular weight excluding hydrogens is 230 g/mol. The Labute approximate surface area is 108 Å². The minimum Gasteiger partial charge on any atom is -0.384 e. The van der Waals surface area contributed by atoms with Crippen LogP contribution < -0.4 is 5.32 Å². The summed E-state index contributed by atoms with van der Waals surface area (Å²) in [5.41, 5.74) is 1.12. The first-order valence-electron chi connectivity index (χ1n) is 6.27. The Bertz CT molecular complexity index is 347. The van der Waals surface area contributed by atoms with Crippen molar-refractivity contribution in [3.63, 3.8) is 0 Å². The van der Waals surface area contributed by atoms with Crippen LogP contribution in [0.3, 0.4) is 0 Å². The van der Waals surface area contributed by atoms with Gasteiger partial charge in [0.1, 0.15) is 0 Å². The van der Waals surface area contributed by atoms with Gasteiger partial charge in [-0.3, -0.25) is 9.89 Å². The molecule has 2 N–H and O–H groups in total. The van der Waals surface area contributed by atoms with Gasteiger partial charge >= 0.3 is 0 Å². The SMILES string of the molecule is COCC(C)(C)CNC(=O)CCCc1cn[nH]c1. The van der Waals surface area contributed by atoms with E-state index in [-0.39, 0.29) is 11.3 Å². The molecule has 0 saturated heterocycles. The number of aromatic nitrogens is 2. The summed E-state index contributed by atoms with van der Waals surface area (Å²) in [5, 5.41) is 9.58. The molecule has 0 aliphatic heterocycles. The van der Waals surface area contributed by atoms with E-state index in [1.165, 1.54) is 0 Å². The van der Waals surface area contributed by atoms with Crippen molar-refractivity contribution in [1.29, 1.82) is 0 Å². The molecule has 0 fully saturated rings. The highest BCUT2D eigenvalue weighted by atomic mass is 16.5. The van der Waals surface area contributed by atoms with Crippen LogP contribution in [-0.4, -0.2) is 36.4 Å². The van der Waals surface area contributed by atoms with Crippen LogP contribution in [0.4, 0.5) is 0 Å². The fourth-order valence-electron chi connectivity index (χ4n) is 1.74. The molecule has 0 unspecified atom stereocenters. The number of H-pyrrole nitrogens is 1. The zero-order chi connectivity index (χ0) is 13.4. The van der Waals surface area contributed by atoms with Crippen LogP contribution in [-0.2, 0) is 16.0 Å². The number of rotatable bonds is 8. The summed E-state index contributed by atoms with van der Waals surface area (Å²) >= 11 is 0. The topological polar surface area (TPSA) is 67.0 Å². The Kier molecular flexibility index (Phi) is 5.85. The standard InChI is InChI=1S/C13H23N3O2/c1-13(2,10-18-3)9-14-12(17)6-4-5-11-7-15-16-8-11/h7-8H,4-6,9-10H2,1-3H3,(H,14,17)(H,15,16). The molecular formula is C13H23N3O2. The largest absolute Gasteiger partial charge is 0.384 e. The van der Waals surface area contributed by atoms with E-state index >= 15 is 0 Å². The van der Waals surface area contributed by atoms with Crippen LogP contribution in [0.2, 0.25) is 0 Å². The lowest BCUT2D eigenvalue weighted by molar-refractivity contribution is -0.121. The summed E-state index contributed by atoms with van der Waals surface area (Å²) in [6.07, 6.45) is 5.93. The molecule has 0 atom stereocenters. The van der Waals surface area contributed by atoms with Gasteiger partial charge in [-0.15, -0.1) is 0 Å². The van der Waals surface area contributed by atoms with Gasteiger partial charge in [0, 0.05) is 31.7 Å². The maximum Gasteiger partial charge on any atom is 0.220 e. The number of nitrogens with zero attached hydrogens (tertiary/aromatic N) is 1. The number of methoxy groups -OCH3 is 1. The fraction of sp³-hybridized carbons (Fsp3) is 0.692. The van der Waals surface area contributed by atoms with E-state index in [1.807, 2.05) is 6.20 Å². The van der Waals surface area contributed by atoms with Crippen molar-refractivity contribution in [3.8, 4) is 0 Å². The van der Waals surface area contributed by atoms with Crippen LogP contribution in [0, 0.1) is 5.41 Å². The third-order valence-corrected chi connectivity index (χ3v) is 2.72. The number of aromatic amines is 1.